The summed E-state index contributed by atoms with van der Waals surface area (Å²) < 4.78 is 9.64. The summed E-state index contributed by atoms with van der Waals surface area (Å²) in [7, 11) is 1.40. The molecule has 0 aromatic heterocycles. The molecule has 0 amide bonds. The Hall–Kier alpha value is -0.570. The maximum absolute atomic E-state index is 10.8. The van der Waals surface area contributed by atoms with Crippen LogP contribution >= 0.6 is 0 Å². The molecule has 2 fully saturated rings. The number of epoxide rings is 1. The molecule has 1 aliphatic carbocycles. The zero-order chi connectivity index (χ0) is 7.14. The van der Waals surface area contributed by atoms with E-state index in [0.29, 0.717) is 5.92 Å². The van der Waals surface area contributed by atoms with Gasteiger partial charge in [0, 0.05) is 0 Å². The Kier molecular flexibility index (Phi) is 1.20. The topological polar surface area (TPSA) is 38.8 Å². The van der Waals surface area contributed by atoms with Gasteiger partial charge in [-0.1, -0.05) is 0 Å². The van der Waals surface area contributed by atoms with E-state index in [9.17, 15) is 4.79 Å². The zero-order valence-electron chi connectivity index (χ0n) is 5.87. The van der Waals surface area contributed by atoms with Crippen LogP contribution < -0.4 is 0 Å². The molecule has 0 N–H and O–H groups in total. The van der Waals surface area contributed by atoms with Gasteiger partial charge in [-0.05, 0) is 18.8 Å². The van der Waals surface area contributed by atoms with E-state index >= 15 is 0 Å². The maximum atomic E-state index is 10.8. The van der Waals surface area contributed by atoms with Gasteiger partial charge in [-0.15, -0.1) is 0 Å². The van der Waals surface area contributed by atoms with Crippen molar-refractivity contribution in [3.05, 3.63) is 0 Å². The van der Waals surface area contributed by atoms with Crippen LogP contribution in [0.15, 0.2) is 0 Å². The van der Waals surface area contributed by atoms with Crippen LogP contribution in [-0.4, -0.2) is 25.3 Å². The second kappa shape index (κ2) is 1.95. The number of esters is 1. The number of hydrogen-bond acceptors (Lipinski definition) is 3. The molecule has 0 aromatic rings. The predicted octanol–water partition coefficient (Wildman–Crippen LogP) is 0.337. The van der Waals surface area contributed by atoms with E-state index in [1.807, 2.05) is 0 Å². The Labute approximate surface area is 59.3 Å². The minimum atomic E-state index is -0.225. The van der Waals surface area contributed by atoms with E-state index < -0.39 is 0 Å². The Morgan fingerprint density at radius 1 is 1.60 bits per heavy atom. The summed E-state index contributed by atoms with van der Waals surface area (Å²) in [6, 6.07) is 0. The van der Waals surface area contributed by atoms with E-state index in [1.54, 1.807) is 0 Å². The van der Waals surface area contributed by atoms with Crippen LogP contribution in [0, 0.1) is 5.92 Å². The summed E-state index contributed by atoms with van der Waals surface area (Å²) in [6.45, 7) is 0. The smallest absolute Gasteiger partial charge is 0.337 e. The summed E-state index contributed by atoms with van der Waals surface area (Å²) in [4.78, 5) is 10.8. The highest BCUT2D eigenvalue weighted by atomic mass is 16.6. The summed E-state index contributed by atoms with van der Waals surface area (Å²) in [5.74, 6) is 0.445. The van der Waals surface area contributed by atoms with E-state index in [0.717, 1.165) is 0 Å². The fourth-order valence-electron chi connectivity index (χ4n) is 1.21. The molecule has 2 aliphatic rings. The SMILES string of the molecule is COC(=O)[C@H]1O[C@H]1C1CC1. The molecule has 1 aliphatic heterocycles. The van der Waals surface area contributed by atoms with Gasteiger partial charge in [0.05, 0.1) is 13.2 Å². The summed E-state index contributed by atoms with van der Waals surface area (Å²) >= 11 is 0. The Balaban J connectivity index is 1.82. The maximum Gasteiger partial charge on any atom is 0.337 e. The molecule has 0 bridgehead atoms. The van der Waals surface area contributed by atoms with Crippen molar-refractivity contribution in [3.63, 3.8) is 0 Å². The Morgan fingerprint density at radius 2 is 2.30 bits per heavy atom. The van der Waals surface area contributed by atoms with Crippen molar-refractivity contribution in [2.75, 3.05) is 7.11 Å². The van der Waals surface area contributed by atoms with E-state index in [2.05, 4.69) is 4.74 Å². The molecule has 3 nitrogen and oxygen atoms in total. The lowest BCUT2D eigenvalue weighted by Gasteiger charge is -1.90. The molecule has 0 unspecified atom stereocenters. The summed E-state index contributed by atoms with van der Waals surface area (Å²) in [5, 5.41) is 0. The van der Waals surface area contributed by atoms with Gasteiger partial charge in [-0.25, -0.2) is 4.79 Å². The van der Waals surface area contributed by atoms with Crippen molar-refractivity contribution in [2.45, 2.75) is 25.0 Å². The normalized spacial score (nSPS) is 37.3. The largest absolute Gasteiger partial charge is 0.467 e. The van der Waals surface area contributed by atoms with Crippen molar-refractivity contribution in [1.29, 1.82) is 0 Å². The first kappa shape index (κ1) is 6.16. The fourth-order valence-corrected chi connectivity index (χ4v) is 1.21. The molecule has 2 atom stereocenters. The van der Waals surface area contributed by atoms with Gasteiger partial charge in [0.1, 0.15) is 0 Å². The van der Waals surface area contributed by atoms with Gasteiger partial charge in [-0.2, -0.15) is 0 Å². The highest BCUT2D eigenvalue weighted by Gasteiger charge is 2.54. The average Bonchev–Trinajstić information content (AvgIpc) is 2.74. The van der Waals surface area contributed by atoms with Crippen LogP contribution in [0.5, 0.6) is 0 Å². The Bertz CT molecular complexity index is 162. The molecular formula is C7H10O3. The highest BCUT2D eigenvalue weighted by Crippen LogP contribution is 2.44. The molecule has 1 saturated carbocycles. The third-order valence-corrected chi connectivity index (χ3v) is 2.05. The molecule has 56 valence electrons. The third-order valence-electron chi connectivity index (χ3n) is 2.05. The lowest BCUT2D eigenvalue weighted by atomic mass is 10.2. The predicted molar refractivity (Wildman–Crippen MR) is 33.4 cm³/mol. The number of carbonyl (C=O) groups is 1. The van der Waals surface area contributed by atoms with Crippen LogP contribution in [0.2, 0.25) is 0 Å². The number of rotatable bonds is 2. The van der Waals surface area contributed by atoms with Gasteiger partial charge < -0.3 is 9.47 Å². The monoisotopic (exact) mass is 142 g/mol. The lowest BCUT2D eigenvalue weighted by molar-refractivity contribution is -0.142. The molecule has 2 rings (SSSR count). The Morgan fingerprint density at radius 3 is 2.80 bits per heavy atom. The quantitative estimate of drug-likeness (QED) is 0.412. The van der Waals surface area contributed by atoms with Crippen LogP contribution in [-0.2, 0) is 14.3 Å². The lowest BCUT2D eigenvalue weighted by Crippen LogP contribution is -2.12. The number of ether oxygens (including phenoxy) is 2. The zero-order valence-corrected chi connectivity index (χ0v) is 5.87. The van der Waals surface area contributed by atoms with Crippen molar-refractivity contribution in [1.82, 2.24) is 0 Å². The molecule has 1 heterocycles. The first-order valence-electron chi connectivity index (χ1n) is 3.56. The highest BCUT2D eigenvalue weighted by molar-refractivity contribution is 5.78. The molecule has 0 aromatic carbocycles. The van der Waals surface area contributed by atoms with Crippen LogP contribution in [0.4, 0.5) is 0 Å². The second-order valence-corrected chi connectivity index (χ2v) is 2.88. The van der Waals surface area contributed by atoms with Gasteiger partial charge >= 0.3 is 5.97 Å². The average molecular weight is 142 g/mol. The van der Waals surface area contributed by atoms with Gasteiger partial charge in [-0.3, -0.25) is 0 Å². The molecule has 1 saturated heterocycles. The second-order valence-electron chi connectivity index (χ2n) is 2.88. The van der Waals surface area contributed by atoms with Gasteiger partial charge in [0.25, 0.3) is 0 Å². The summed E-state index contributed by atoms with van der Waals surface area (Å²) in [6.07, 6.45) is 2.42. The van der Waals surface area contributed by atoms with E-state index in [4.69, 9.17) is 4.74 Å². The number of hydrogen-bond donors (Lipinski definition) is 0. The molecule has 0 radical (unpaired) electrons. The number of carbonyl (C=O) groups excluding carboxylic acids is 1. The molecule has 10 heavy (non-hydrogen) atoms. The van der Waals surface area contributed by atoms with Gasteiger partial charge in [0.2, 0.25) is 0 Å². The molecular weight excluding hydrogens is 132 g/mol. The van der Waals surface area contributed by atoms with Crippen LogP contribution in [0.1, 0.15) is 12.8 Å². The van der Waals surface area contributed by atoms with Crippen molar-refractivity contribution in [2.24, 2.45) is 5.92 Å². The van der Waals surface area contributed by atoms with Crippen molar-refractivity contribution < 1.29 is 14.3 Å². The third kappa shape index (κ3) is 0.904. The minimum absolute atomic E-state index is 0.201. The van der Waals surface area contributed by atoms with E-state index in [1.165, 1.54) is 20.0 Å². The molecule has 0 spiro atoms. The summed E-state index contributed by atoms with van der Waals surface area (Å²) in [5.41, 5.74) is 0. The first-order chi connectivity index (χ1) is 4.83. The standard InChI is InChI=1S/C7H10O3/c1-9-7(8)6-5(10-6)4-2-3-4/h4-6H,2-3H2,1H3/t5-,6-/m0/s1. The first-order valence-corrected chi connectivity index (χ1v) is 3.56. The van der Waals surface area contributed by atoms with Crippen molar-refractivity contribution >= 4 is 5.97 Å². The molecule has 3 heteroatoms. The van der Waals surface area contributed by atoms with E-state index in [-0.39, 0.29) is 18.2 Å². The minimum Gasteiger partial charge on any atom is -0.467 e. The van der Waals surface area contributed by atoms with Crippen LogP contribution in [0.3, 0.4) is 0 Å². The van der Waals surface area contributed by atoms with Crippen molar-refractivity contribution in [3.8, 4) is 0 Å². The fraction of sp³-hybridized carbons (Fsp3) is 0.857. The van der Waals surface area contributed by atoms with Gasteiger partial charge in [0.15, 0.2) is 6.10 Å². The number of methoxy groups -OCH3 is 1. The van der Waals surface area contributed by atoms with Crippen LogP contribution in [0.25, 0.3) is 0 Å².